The van der Waals surface area contributed by atoms with Crippen LogP contribution in [0.15, 0.2) is 40.2 Å². The summed E-state index contributed by atoms with van der Waals surface area (Å²) in [4.78, 5) is 4.01. The highest BCUT2D eigenvalue weighted by Crippen LogP contribution is 2.22. The summed E-state index contributed by atoms with van der Waals surface area (Å²) in [5, 5.41) is 3.73. The van der Waals surface area contributed by atoms with Crippen molar-refractivity contribution in [3.8, 4) is 0 Å². The lowest BCUT2D eigenvalue weighted by molar-refractivity contribution is 0.458. The Kier molecular flexibility index (Phi) is 3.17. The zero-order valence-electron chi connectivity index (χ0n) is 11.4. The summed E-state index contributed by atoms with van der Waals surface area (Å²) in [6, 6.07) is 4.83. The van der Waals surface area contributed by atoms with Crippen LogP contribution in [0.2, 0.25) is 0 Å². The highest BCUT2D eigenvalue weighted by molar-refractivity contribution is 7.91. The normalized spacial score (nSPS) is 12.0. The minimum Gasteiger partial charge on any atom is -0.428 e. The van der Waals surface area contributed by atoms with Crippen molar-refractivity contribution in [3.63, 3.8) is 0 Å². The number of fused-ring (bicyclic) bond motifs is 1. The van der Waals surface area contributed by atoms with Gasteiger partial charge in [0, 0.05) is 18.9 Å². The maximum absolute atomic E-state index is 12.3. The Bertz CT molecular complexity index is 895. The number of anilines is 1. The summed E-state index contributed by atoms with van der Waals surface area (Å²) in [6.45, 7) is 0. The largest absolute Gasteiger partial charge is 0.428 e. The van der Waals surface area contributed by atoms with Gasteiger partial charge in [-0.05, 0) is 30.2 Å². The van der Waals surface area contributed by atoms with Gasteiger partial charge in [-0.15, -0.1) is 0 Å². The van der Waals surface area contributed by atoms with Crippen LogP contribution >= 0.6 is 0 Å². The maximum atomic E-state index is 12.3. The minimum absolute atomic E-state index is 0.0823. The summed E-state index contributed by atoms with van der Waals surface area (Å²) < 4.78 is 31.4. The molecule has 3 aromatic rings. The highest BCUT2D eigenvalue weighted by atomic mass is 32.2. The van der Waals surface area contributed by atoms with E-state index in [1.807, 2.05) is 0 Å². The lowest BCUT2D eigenvalue weighted by Gasteiger charge is -1.97. The van der Waals surface area contributed by atoms with Crippen LogP contribution in [0, 0.1) is 0 Å². The van der Waals surface area contributed by atoms with Crippen LogP contribution in [0.4, 0.5) is 5.69 Å². The third-order valence-electron chi connectivity index (χ3n) is 3.08. The van der Waals surface area contributed by atoms with E-state index in [0.717, 1.165) is 5.56 Å². The summed E-state index contributed by atoms with van der Waals surface area (Å²) in [5.41, 5.74) is 7.84. The molecule has 0 aliphatic carbocycles. The molecule has 2 heterocycles. The monoisotopic (exact) mass is 306 g/mol. The molecular weight excluding hydrogens is 292 g/mol. The molecule has 7 nitrogen and oxygen atoms in total. The van der Waals surface area contributed by atoms with Crippen LogP contribution in [-0.4, -0.2) is 28.9 Å². The minimum atomic E-state index is -3.58. The number of nitrogens with zero attached hydrogens (tertiary/aromatic N) is 3. The predicted molar refractivity (Wildman–Crippen MR) is 77.4 cm³/mol. The number of hydrogen-bond donors (Lipinski definition) is 1. The van der Waals surface area contributed by atoms with Crippen LogP contribution in [0.1, 0.15) is 5.56 Å². The molecule has 0 atom stereocenters. The molecule has 110 valence electrons. The van der Waals surface area contributed by atoms with Gasteiger partial charge in [0.1, 0.15) is 5.52 Å². The molecule has 21 heavy (non-hydrogen) atoms. The number of rotatable bonds is 4. The Morgan fingerprint density at radius 3 is 2.90 bits per heavy atom. The van der Waals surface area contributed by atoms with Gasteiger partial charge in [-0.2, -0.15) is 10.1 Å². The molecule has 1 aromatic carbocycles. The molecule has 0 saturated heterocycles. The van der Waals surface area contributed by atoms with Gasteiger partial charge in [0.05, 0.1) is 11.9 Å². The summed E-state index contributed by atoms with van der Waals surface area (Å²) in [6.07, 6.45) is 3.78. The number of nitrogens with two attached hydrogens (primary N) is 1. The van der Waals surface area contributed by atoms with Crippen molar-refractivity contribution in [2.75, 3.05) is 11.5 Å². The summed E-state index contributed by atoms with van der Waals surface area (Å²) in [7, 11) is -1.80. The first kappa shape index (κ1) is 13.6. The van der Waals surface area contributed by atoms with Crippen LogP contribution in [0.25, 0.3) is 11.1 Å². The molecule has 0 saturated carbocycles. The van der Waals surface area contributed by atoms with E-state index >= 15 is 0 Å². The zero-order chi connectivity index (χ0) is 15.0. The molecule has 0 fully saturated rings. The molecule has 0 aliphatic rings. The van der Waals surface area contributed by atoms with E-state index in [1.165, 1.54) is 0 Å². The van der Waals surface area contributed by atoms with Crippen LogP contribution in [0.3, 0.4) is 0 Å². The number of sulfone groups is 1. The van der Waals surface area contributed by atoms with Crippen molar-refractivity contribution < 1.29 is 12.8 Å². The van der Waals surface area contributed by atoms with E-state index < -0.39 is 9.84 Å². The second-order valence-corrected chi connectivity index (χ2v) is 6.79. The molecule has 0 amide bonds. The first-order valence-electron chi connectivity index (χ1n) is 6.30. The van der Waals surface area contributed by atoms with Gasteiger partial charge < -0.3 is 10.2 Å². The van der Waals surface area contributed by atoms with Crippen molar-refractivity contribution in [2.24, 2.45) is 7.05 Å². The molecule has 0 unspecified atom stereocenters. The van der Waals surface area contributed by atoms with Gasteiger partial charge in [-0.3, -0.25) is 4.68 Å². The quantitative estimate of drug-likeness (QED) is 0.725. The van der Waals surface area contributed by atoms with Gasteiger partial charge in [-0.1, -0.05) is 0 Å². The Morgan fingerprint density at radius 2 is 2.19 bits per heavy atom. The molecule has 2 N–H and O–H groups in total. The van der Waals surface area contributed by atoms with Crippen LogP contribution in [-0.2, 0) is 23.3 Å². The second kappa shape index (κ2) is 4.88. The van der Waals surface area contributed by atoms with E-state index in [2.05, 4.69) is 10.1 Å². The fourth-order valence-corrected chi connectivity index (χ4v) is 3.13. The first-order chi connectivity index (χ1) is 9.94. The average molecular weight is 306 g/mol. The second-order valence-electron chi connectivity index (χ2n) is 4.80. The van der Waals surface area contributed by atoms with E-state index in [-0.39, 0.29) is 11.0 Å². The van der Waals surface area contributed by atoms with Crippen molar-refractivity contribution in [2.45, 2.75) is 11.6 Å². The zero-order valence-corrected chi connectivity index (χ0v) is 12.2. The van der Waals surface area contributed by atoms with Crippen molar-refractivity contribution >= 4 is 26.6 Å². The van der Waals surface area contributed by atoms with E-state index in [1.54, 1.807) is 42.3 Å². The Balaban J connectivity index is 1.85. The SMILES string of the molecule is Cn1cc(CCS(=O)(=O)c2nc3cc(N)ccc3o2)cn1. The summed E-state index contributed by atoms with van der Waals surface area (Å²) >= 11 is 0. The van der Waals surface area contributed by atoms with E-state index in [0.29, 0.717) is 23.2 Å². The smallest absolute Gasteiger partial charge is 0.316 e. The van der Waals surface area contributed by atoms with Gasteiger partial charge in [-0.25, -0.2) is 8.42 Å². The molecule has 0 radical (unpaired) electrons. The number of aryl methyl sites for hydroxylation is 2. The lowest BCUT2D eigenvalue weighted by atomic mass is 10.3. The van der Waals surface area contributed by atoms with Crippen LogP contribution in [0.5, 0.6) is 0 Å². The van der Waals surface area contributed by atoms with Gasteiger partial charge >= 0.3 is 5.22 Å². The fraction of sp³-hybridized carbons (Fsp3) is 0.231. The van der Waals surface area contributed by atoms with Crippen molar-refractivity contribution in [3.05, 3.63) is 36.2 Å². The van der Waals surface area contributed by atoms with Crippen LogP contribution < -0.4 is 5.73 Å². The van der Waals surface area contributed by atoms with Crippen molar-refractivity contribution in [1.82, 2.24) is 14.8 Å². The van der Waals surface area contributed by atoms with E-state index in [9.17, 15) is 8.42 Å². The molecule has 0 aliphatic heterocycles. The molecule has 2 aromatic heterocycles. The number of oxazole rings is 1. The Labute approximate surface area is 121 Å². The Morgan fingerprint density at radius 1 is 1.38 bits per heavy atom. The maximum Gasteiger partial charge on any atom is 0.316 e. The third kappa shape index (κ3) is 2.75. The topological polar surface area (TPSA) is 104 Å². The molecule has 3 rings (SSSR count). The predicted octanol–water partition coefficient (Wildman–Crippen LogP) is 1.16. The van der Waals surface area contributed by atoms with E-state index in [4.69, 9.17) is 10.2 Å². The Hall–Kier alpha value is -2.35. The van der Waals surface area contributed by atoms with Crippen molar-refractivity contribution in [1.29, 1.82) is 0 Å². The average Bonchev–Trinajstić information content (AvgIpc) is 3.02. The third-order valence-corrected chi connectivity index (χ3v) is 4.52. The first-order valence-corrected chi connectivity index (χ1v) is 7.96. The van der Waals surface area contributed by atoms with Gasteiger partial charge in [0.25, 0.3) is 0 Å². The van der Waals surface area contributed by atoms with Gasteiger partial charge in [0.2, 0.25) is 9.84 Å². The molecular formula is C13H14N4O3S. The standard InChI is InChI=1S/C13H14N4O3S/c1-17-8-9(7-15-17)4-5-21(18,19)13-16-11-6-10(14)2-3-12(11)20-13/h2-3,6-8H,4-5,14H2,1H3. The van der Waals surface area contributed by atoms with Gasteiger partial charge in [0.15, 0.2) is 5.58 Å². The molecule has 0 bridgehead atoms. The highest BCUT2D eigenvalue weighted by Gasteiger charge is 2.22. The number of benzene rings is 1. The fourth-order valence-electron chi connectivity index (χ4n) is 2.00. The summed E-state index contributed by atoms with van der Waals surface area (Å²) in [5.74, 6) is -0.0823. The number of nitrogen functional groups attached to an aromatic ring is 1. The molecule has 8 heteroatoms. The number of hydrogen-bond acceptors (Lipinski definition) is 6. The molecule has 0 spiro atoms. The lowest BCUT2D eigenvalue weighted by Crippen LogP contribution is -2.09. The number of aromatic nitrogens is 3.